The van der Waals surface area contributed by atoms with Crippen LogP contribution in [-0.4, -0.2) is 106 Å². The van der Waals surface area contributed by atoms with E-state index in [9.17, 15) is 20.4 Å². The highest BCUT2D eigenvalue weighted by atomic mass is 32.1. The van der Waals surface area contributed by atoms with Crippen molar-refractivity contribution in [3.05, 3.63) is 16.6 Å². The molecule has 2 aliphatic heterocycles. The Labute approximate surface area is 184 Å². The van der Waals surface area contributed by atoms with Crippen LogP contribution in [0.3, 0.4) is 0 Å². The van der Waals surface area contributed by atoms with Gasteiger partial charge in [0.1, 0.15) is 28.9 Å². The van der Waals surface area contributed by atoms with E-state index < -0.39 is 60.3 Å². The standard InChI is InChI=1S/C19H32N4O7S/c1-9-6-18(26,8-22-7-10-23-4-5-31-10)19(27)17(28-9)29-16-14(25)11(20-2)13(24)12(21-3)15(16)30-19/h4-5,9,11-17,20-22,24-27H,6-8H2,1-3H3/t9-,11-,12+,13+,14+,15-,16-,17+,18-,19-/m1/s1. The predicted octanol–water partition coefficient (Wildman–Crippen LogP) is -2.52. The van der Waals surface area contributed by atoms with E-state index >= 15 is 0 Å². The minimum atomic E-state index is -2.21. The number of hydrogen-bond acceptors (Lipinski definition) is 12. The fourth-order valence-corrected chi connectivity index (χ4v) is 5.53. The summed E-state index contributed by atoms with van der Waals surface area (Å²) >= 11 is 1.48. The molecular formula is C19H32N4O7S. The third-order valence-corrected chi connectivity index (χ3v) is 7.31. The lowest BCUT2D eigenvalue weighted by molar-refractivity contribution is -0.482. The molecule has 7 N–H and O–H groups in total. The van der Waals surface area contributed by atoms with Crippen molar-refractivity contribution in [2.24, 2.45) is 0 Å². The van der Waals surface area contributed by atoms with Crippen molar-refractivity contribution < 1.29 is 34.6 Å². The van der Waals surface area contributed by atoms with Gasteiger partial charge in [0.15, 0.2) is 0 Å². The smallest absolute Gasteiger partial charge is 0.249 e. The van der Waals surface area contributed by atoms with Crippen molar-refractivity contribution in [3.63, 3.8) is 0 Å². The molecule has 176 valence electrons. The van der Waals surface area contributed by atoms with Gasteiger partial charge < -0.3 is 50.6 Å². The van der Waals surface area contributed by atoms with Gasteiger partial charge in [-0.3, -0.25) is 0 Å². The van der Waals surface area contributed by atoms with Gasteiger partial charge in [-0.25, -0.2) is 4.98 Å². The van der Waals surface area contributed by atoms with Crippen LogP contribution < -0.4 is 16.0 Å². The van der Waals surface area contributed by atoms with Crippen molar-refractivity contribution in [3.8, 4) is 0 Å². The lowest BCUT2D eigenvalue weighted by Crippen LogP contribution is -2.81. The molecule has 3 heterocycles. The molecule has 11 nitrogen and oxygen atoms in total. The summed E-state index contributed by atoms with van der Waals surface area (Å²) in [5, 5.41) is 56.3. The third kappa shape index (κ3) is 3.93. The lowest BCUT2D eigenvalue weighted by Gasteiger charge is -2.60. The first-order valence-electron chi connectivity index (χ1n) is 10.5. The maximum Gasteiger partial charge on any atom is 0.249 e. The normalized spacial score (nSPS) is 47.6. The maximum absolute atomic E-state index is 11.6. The van der Waals surface area contributed by atoms with E-state index in [0.29, 0.717) is 6.54 Å². The number of fused-ring (bicyclic) bond motifs is 2. The number of likely N-dealkylation sites (N-methyl/N-ethyl adjacent to an activating group) is 2. The highest BCUT2D eigenvalue weighted by Gasteiger charge is 2.68. The molecule has 1 aliphatic carbocycles. The summed E-state index contributed by atoms with van der Waals surface area (Å²) in [5.74, 6) is -2.21. The average molecular weight is 461 g/mol. The van der Waals surface area contributed by atoms with E-state index in [1.165, 1.54) is 11.3 Å². The fourth-order valence-electron chi connectivity index (χ4n) is 4.95. The minimum absolute atomic E-state index is 0.00247. The Bertz CT molecular complexity index is 745. The molecule has 1 saturated carbocycles. The third-order valence-electron chi connectivity index (χ3n) is 6.53. The second-order valence-corrected chi connectivity index (χ2v) is 9.51. The maximum atomic E-state index is 11.6. The van der Waals surface area contributed by atoms with Gasteiger partial charge in [-0.05, 0) is 21.0 Å². The van der Waals surface area contributed by atoms with E-state index in [1.807, 2.05) is 5.38 Å². The zero-order chi connectivity index (χ0) is 22.4. The molecule has 1 aromatic heterocycles. The van der Waals surface area contributed by atoms with Gasteiger partial charge in [0.25, 0.3) is 0 Å². The van der Waals surface area contributed by atoms with Crippen LogP contribution in [0.15, 0.2) is 11.6 Å². The molecule has 0 radical (unpaired) electrons. The Balaban J connectivity index is 1.58. The van der Waals surface area contributed by atoms with Gasteiger partial charge in [-0.2, -0.15) is 0 Å². The molecule has 0 bridgehead atoms. The summed E-state index contributed by atoms with van der Waals surface area (Å²) in [7, 11) is 3.28. The van der Waals surface area contributed by atoms with Gasteiger partial charge in [0, 0.05) is 31.1 Å². The van der Waals surface area contributed by atoms with Crippen molar-refractivity contribution in [1.82, 2.24) is 20.9 Å². The number of thiazole rings is 1. The van der Waals surface area contributed by atoms with E-state index in [4.69, 9.17) is 14.2 Å². The largest absolute Gasteiger partial charge is 0.390 e. The molecule has 0 amide bonds. The molecule has 4 rings (SSSR count). The summed E-state index contributed by atoms with van der Waals surface area (Å²) in [6.45, 7) is 2.19. The number of aliphatic hydroxyl groups is 4. The molecular weight excluding hydrogens is 428 g/mol. The van der Waals surface area contributed by atoms with E-state index in [-0.39, 0.29) is 13.0 Å². The topological polar surface area (TPSA) is 158 Å². The first-order chi connectivity index (χ1) is 14.7. The molecule has 0 spiro atoms. The monoisotopic (exact) mass is 460 g/mol. The summed E-state index contributed by atoms with van der Waals surface area (Å²) in [4.78, 5) is 4.20. The van der Waals surface area contributed by atoms with Crippen LogP contribution in [0.25, 0.3) is 0 Å². The number of ether oxygens (including phenoxy) is 3. The summed E-state index contributed by atoms with van der Waals surface area (Å²) in [6, 6.07) is -1.34. The molecule has 12 heteroatoms. The molecule has 3 fully saturated rings. The number of hydrogen-bond donors (Lipinski definition) is 7. The molecule has 1 aromatic rings. The van der Waals surface area contributed by atoms with Gasteiger partial charge in [0.2, 0.25) is 12.1 Å². The lowest BCUT2D eigenvalue weighted by atomic mass is 9.77. The Morgan fingerprint density at radius 1 is 1.13 bits per heavy atom. The molecule has 31 heavy (non-hydrogen) atoms. The SMILES string of the molecule is CN[C@@H]1[C@H](O)[C@H](NC)[C@H]2O[C@]3(O)[C@H](O[C@@H]2[C@H]1O)O[C@H](C)C[C@@]3(O)CNCc1nccs1. The number of rotatable bonds is 6. The van der Waals surface area contributed by atoms with Crippen LogP contribution in [0.4, 0.5) is 0 Å². The van der Waals surface area contributed by atoms with Crippen molar-refractivity contribution in [1.29, 1.82) is 0 Å². The van der Waals surface area contributed by atoms with Crippen LogP contribution in [0.5, 0.6) is 0 Å². The van der Waals surface area contributed by atoms with E-state index in [0.717, 1.165) is 5.01 Å². The molecule has 0 unspecified atom stereocenters. The minimum Gasteiger partial charge on any atom is -0.390 e. The molecule has 3 aliphatic rings. The molecule has 10 atom stereocenters. The van der Waals surface area contributed by atoms with Crippen molar-refractivity contribution in [2.75, 3.05) is 20.6 Å². The van der Waals surface area contributed by atoms with Gasteiger partial charge >= 0.3 is 0 Å². The Morgan fingerprint density at radius 3 is 2.52 bits per heavy atom. The number of nitrogens with zero attached hydrogens (tertiary/aromatic N) is 1. The zero-order valence-corrected chi connectivity index (χ0v) is 18.6. The van der Waals surface area contributed by atoms with Crippen LogP contribution in [0, 0.1) is 0 Å². The van der Waals surface area contributed by atoms with Crippen molar-refractivity contribution >= 4 is 11.3 Å². The fraction of sp³-hybridized carbons (Fsp3) is 0.842. The van der Waals surface area contributed by atoms with Crippen molar-refractivity contribution in [2.45, 2.75) is 80.2 Å². The number of aliphatic hydroxyl groups excluding tert-OH is 2. The summed E-state index contributed by atoms with van der Waals surface area (Å²) in [5.41, 5.74) is -1.74. The van der Waals surface area contributed by atoms with Crippen LogP contribution in [0.2, 0.25) is 0 Å². The highest BCUT2D eigenvalue weighted by Crippen LogP contribution is 2.46. The van der Waals surface area contributed by atoms with Gasteiger partial charge in [-0.15, -0.1) is 11.3 Å². The highest BCUT2D eigenvalue weighted by molar-refractivity contribution is 7.09. The van der Waals surface area contributed by atoms with E-state index in [1.54, 1.807) is 27.2 Å². The second-order valence-electron chi connectivity index (χ2n) is 8.53. The first kappa shape index (κ1) is 23.4. The van der Waals surface area contributed by atoms with Crippen LogP contribution in [-0.2, 0) is 20.8 Å². The molecule has 2 saturated heterocycles. The van der Waals surface area contributed by atoms with Crippen LogP contribution in [0.1, 0.15) is 18.4 Å². The van der Waals surface area contributed by atoms with Gasteiger partial charge in [0.05, 0.1) is 24.3 Å². The first-order valence-corrected chi connectivity index (χ1v) is 11.4. The molecule has 0 aromatic carbocycles. The van der Waals surface area contributed by atoms with Crippen LogP contribution >= 0.6 is 11.3 Å². The second kappa shape index (κ2) is 8.88. The zero-order valence-electron chi connectivity index (χ0n) is 17.8. The summed E-state index contributed by atoms with van der Waals surface area (Å²) < 4.78 is 17.9. The predicted molar refractivity (Wildman–Crippen MR) is 110 cm³/mol. The number of aromatic nitrogens is 1. The van der Waals surface area contributed by atoms with Gasteiger partial charge in [-0.1, -0.05) is 0 Å². The van der Waals surface area contributed by atoms with E-state index in [2.05, 4.69) is 20.9 Å². The Kier molecular flexibility index (Phi) is 6.70. The Morgan fingerprint density at radius 2 is 1.87 bits per heavy atom. The number of nitrogens with one attached hydrogen (secondary N) is 3. The quantitative estimate of drug-likeness (QED) is 0.240. The Hall–Kier alpha value is -0.770. The summed E-state index contributed by atoms with van der Waals surface area (Å²) in [6.07, 6.45) is -3.90. The average Bonchev–Trinajstić information content (AvgIpc) is 3.22.